The van der Waals surface area contributed by atoms with E-state index in [4.69, 9.17) is 11.6 Å². The molecule has 0 spiro atoms. The van der Waals surface area contributed by atoms with E-state index < -0.39 is 15.8 Å². The van der Waals surface area contributed by atoms with Crippen LogP contribution in [-0.4, -0.2) is 34.0 Å². The van der Waals surface area contributed by atoms with Crippen LogP contribution in [0.3, 0.4) is 0 Å². The van der Waals surface area contributed by atoms with Gasteiger partial charge in [0.1, 0.15) is 5.82 Å². The van der Waals surface area contributed by atoms with Gasteiger partial charge < -0.3 is 4.90 Å². The Morgan fingerprint density at radius 1 is 1.13 bits per heavy atom. The molecule has 0 amide bonds. The molecule has 0 aliphatic carbocycles. The Hall–Kier alpha value is -1.47. The smallest absolute Gasteiger partial charge is 0.240 e. The summed E-state index contributed by atoms with van der Waals surface area (Å²) in [6.45, 7) is 0.149. The topological polar surface area (TPSA) is 49.4 Å². The van der Waals surface area contributed by atoms with Crippen molar-refractivity contribution >= 4 is 21.6 Å². The molecule has 1 atom stereocenters. The lowest BCUT2D eigenvalue weighted by Crippen LogP contribution is -2.34. The maximum absolute atomic E-state index is 12.9. The zero-order chi connectivity index (χ0) is 17.0. The van der Waals surface area contributed by atoms with Crippen LogP contribution in [-0.2, 0) is 10.0 Å². The number of hydrogen-bond donors (Lipinski definition) is 1. The number of rotatable bonds is 6. The summed E-state index contributed by atoms with van der Waals surface area (Å²) in [6.07, 6.45) is 0. The predicted octanol–water partition coefficient (Wildman–Crippen LogP) is 3.06. The second-order valence-electron chi connectivity index (χ2n) is 5.31. The summed E-state index contributed by atoms with van der Waals surface area (Å²) >= 11 is 6.20. The summed E-state index contributed by atoms with van der Waals surface area (Å²) in [7, 11) is -0.0181. The maximum Gasteiger partial charge on any atom is 0.240 e. The molecule has 0 saturated carbocycles. The van der Waals surface area contributed by atoms with E-state index in [0.717, 1.165) is 17.7 Å². The van der Waals surface area contributed by atoms with Gasteiger partial charge in [-0.25, -0.2) is 17.5 Å². The third-order valence-electron chi connectivity index (χ3n) is 3.48. The normalized spacial score (nSPS) is 13.3. The van der Waals surface area contributed by atoms with Crippen LogP contribution in [0, 0.1) is 5.82 Å². The molecule has 124 valence electrons. The SMILES string of the molecule is CN(C)[C@@H](CNS(=O)(=O)c1ccc(F)cc1)c1ccccc1Cl. The highest BCUT2D eigenvalue weighted by Crippen LogP contribution is 2.25. The molecule has 23 heavy (non-hydrogen) atoms. The highest BCUT2D eigenvalue weighted by molar-refractivity contribution is 7.89. The molecule has 0 saturated heterocycles. The second kappa shape index (κ2) is 7.40. The van der Waals surface area contributed by atoms with Crippen LogP contribution in [0.5, 0.6) is 0 Å². The lowest BCUT2D eigenvalue weighted by Gasteiger charge is -2.26. The van der Waals surface area contributed by atoms with Gasteiger partial charge in [-0.15, -0.1) is 0 Å². The van der Waals surface area contributed by atoms with Gasteiger partial charge in [-0.3, -0.25) is 0 Å². The molecule has 0 fully saturated rings. The molecule has 2 aromatic carbocycles. The zero-order valence-electron chi connectivity index (χ0n) is 12.8. The molecule has 0 aliphatic rings. The van der Waals surface area contributed by atoms with Crippen LogP contribution in [0.4, 0.5) is 4.39 Å². The minimum atomic E-state index is -3.71. The van der Waals surface area contributed by atoms with E-state index in [1.54, 1.807) is 6.07 Å². The molecule has 2 aromatic rings. The Balaban J connectivity index is 2.19. The summed E-state index contributed by atoms with van der Waals surface area (Å²) in [5, 5.41) is 0.576. The second-order valence-corrected chi connectivity index (χ2v) is 7.48. The van der Waals surface area contributed by atoms with Gasteiger partial charge in [-0.05, 0) is 50.0 Å². The van der Waals surface area contributed by atoms with Gasteiger partial charge in [0.25, 0.3) is 0 Å². The highest BCUT2D eigenvalue weighted by Gasteiger charge is 2.21. The van der Waals surface area contributed by atoms with E-state index in [-0.39, 0.29) is 17.5 Å². The molecule has 0 unspecified atom stereocenters. The van der Waals surface area contributed by atoms with Crippen LogP contribution in [0.15, 0.2) is 53.4 Å². The Morgan fingerprint density at radius 2 is 1.74 bits per heavy atom. The van der Waals surface area contributed by atoms with E-state index in [0.29, 0.717) is 5.02 Å². The van der Waals surface area contributed by atoms with Crippen molar-refractivity contribution in [3.8, 4) is 0 Å². The summed E-state index contributed by atoms with van der Waals surface area (Å²) in [5.41, 5.74) is 0.834. The molecular weight excluding hydrogens is 339 g/mol. The third-order valence-corrected chi connectivity index (χ3v) is 5.26. The quantitative estimate of drug-likeness (QED) is 0.865. The van der Waals surface area contributed by atoms with E-state index in [1.807, 2.05) is 37.2 Å². The number of sulfonamides is 1. The first-order valence-corrected chi connectivity index (χ1v) is 8.83. The van der Waals surface area contributed by atoms with Crippen molar-refractivity contribution in [2.24, 2.45) is 0 Å². The number of halogens is 2. The largest absolute Gasteiger partial charge is 0.301 e. The first-order valence-electron chi connectivity index (χ1n) is 6.97. The van der Waals surface area contributed by atoms with E-state index in [2.05, 4.69) is 4.72 Å². The van der Waals surface area contributed by atoms with Gasteiger partial charge >= 0.3 is 0 Å². The average Bonchev–Trinajstić information content (AvgIpc) is 2.49. The van der Waals surface area contributed by atoms with Gasteiger partial charge in [0.2, 0.25) is 10.0 Å². The van der Waals surface area contributed by atoms with Gasteiger partial charge in [-0.1, -0.05) is 29.8 Å². The lowest BCUT2D eigenvalue weighted by atomic mass is 10.1. The molecule has 4 nitrogen and oxygen atoms in total. The predicted molar refractivity (Wildman–Crippen MR) is 89.5 cm³/mol. The number of hydrogen-bond acceptors (Lipinski definition) is 3. The van der Waals surface area contributed by atoms with E-state index in [9.17, 15) is 12.8 Å². The fourth-order valence-electron chi connectivity index (χ4n) is 2.20. The van der Waals surface area contributed by atoms with Gasteiger partial charge in [0.05, 0.1) is 4.90 Å². The maximum atomic E-state index is 12.9. The Kier molecular flexibility index (Phi) is 5.75. The van der Waals surface area contributed by atoms with Crippen molar-refractivity contribution in [3.63, 3.8) is 0 Å². The summed E-state index contributed by atoms with van der Waals surface area (Å²) < 4.78 is 40.1. The van der Waals surface area contributed by atoms with Gasteiger partial charge in [-0.2, -0.15) is 0 Å². The highest BCUT2D eigenvalue weighted by atomic mass is 35.5. The molecule has 0 radical (unpaired) electrons. The lowest BCUT2D eigenvalue weighted by molar-refractivity contribution is 0.299. The van der Waals surface area contributed by atoms with E-state index >= 15 is 0 Å². The van der Waals surface area contributed by atoms with Crippen LogP contribution in [0.2, 0.25) is 5.02 Å². The molecule has 0 heterocycles. The molecular formula is C16H18ClFN2O2S. The Bertz CT molecular complexity index is 764. The first-order chi connectivity index (χ1) is 10.8. The molecule has 2 rings (SSSR count). The monoisotopic (exact) mass is 356 g/mol. The fraction of sp³-hybridized carbons (Fsp3) is 0.250. The first kappa shape index (κ1) is 17.9. The minimum absolute atomic E-state index is 0.0237. The van der Waals surface area contributed by atoms with Crippen molar-refractivity contribution in [2.75, 3.05) is 20.6 Å². The summed E-state index contributed by atoms with van der Waals surface area (Å²) in [6, 6.07) is 11.8. The van der Waals surface area contributed by atoms with Crippen LogP contribution in [0.25, 0.3) is 0 Å². The van der Waals surface area contributed by atoms with Crippen LogP contribution in [0.1, 0.15) is 11.6 Å². The zero-order valence-corrected chi connectivity index (χ0v) is 14.4. The number of nitrogens with one attached hydrogen (secondary N) is 1. The summed E-state index contributed by atoms with van der Waals surface area (Å²) in [4.78, 5) is 1.91. The molecule has 0 bridgehead atoms. The molecule has 7 heteroatoms. The van der Waals surface area contributed by atoms with E-state index in [1.165, 1.54) is 12.1 Å². The fourth-order valence-corrected chi connectivity index (χ4v) is 3.50. The van der Waals surface area contributed by atoms with Crippen LogP contribution >= 0.6 is 11.6 Å². The van der Waals surface area contributed by atoms with Gasteiger partial charge in [0.15, 0.2) is 0 Å². The van der Waals surface area contributed by atoms with Crippen molar-refractivity contribution in [2.45, 2.75) is 10.9 Å². The average molecular weight is 357 g/mol. The number of benzene rings is 2. The van der Waals surface area contributed by atoms with Gasteiger partial charge in [0, 0.05) is 17.6 Å². The van der Waals surface area contributed by atoms with Crippen molar-refractivity contribution in [3.05, 3.63) is 64.9 Å². The molecule has 0 aromatic heterocycles. The van der Waals surface area contributed by atoms with Crippen molar-refractivity contribution in [1.82, 2.24) is 9.62 Å². The van der Waals surface area contributed by atoms with Crippen molar-refractivity contribution < 1.29 is 12.8 Å². The Labute approximate surface area is 140 Å². The number of likely N-dealkylation sites (N-methyl/N-ethyl adjacent to an activating group) is 1. The molecule has 1 N–H and O–H groups in total. The Morgan fingerprint density at radius 3 is 2.30 bits per heavy atom. The minimum Gasteiger partial charge on any atom is -0.301 e. The number of nitrogens with zero attached hydrogens (tertiary/aromatic N) is 1. The van der Waals surface area contributed by atoms with Crippen LogP contribution < -0.4 is 4.72 Å². The van der Waals surface area contributed by atoms with Crippen molar-refractivity contribution in [1.29, 1.82) is 0 Å². The molecule has 0 aliphatic heterocycles. The third kappa shape index (κ3) is 4.51. The standard InChI is InChI=1S/C16H18ClFN2O2S/c1-20(2)16(14-5-3-4-6-15(14)17)11-19-23(21,22)13-9-7-12(18)8-10-13/h3-10,16,19H,11H2,1-2H3/t16-/m0/s1. The summed E-state index contributed by atoms with van der Waals surface area (Å²) in [5.74, 6) is -0.480.